The number of carbonyl (C=O) groups excluding carboxylic acids is 2. The largest absolute Gasteiger partial charge is 0.497 e. The van der Waals surface area contributed by atoms with Crippen molar-refractivity contribution in [3.63, 3.8) is 0 Å². The Morgan fingerprint density at radius 3 is 2.41 bits per heavy atom. The molecule has 1 aliphatic rings. The summed E-state index contributed by atoms with van der Waals surface area (Å²) in [6, 6.07) is 18.9. The number of thioether (sulfide) groups is 1. The minimum Gasteiger partial charge on any atom is -0.497 e. The lowest BCUT2D eigenvalue weighted by atomic mass is 9.78. The standard InChI is InChI=1S/C22H20N2O4S/c1-27-16-10-8-15(9-11-16)18-17(12-23)21(24-20(25)19(18)22(26)28-2)29-13-14-6-4-3-5-7-14/h3-11,18-19H,13H2,1-2H3,(H,24,25)/t18-,19+/m1/s1. The van der Waals surface area contributed by atoms with E-state index in [1.54, 1.807) is 31.4 Å². The van der Waals surface area contributed by atoms with Crippen molar-refractivity contribution in [3.05, 3.63) is 76.3 Å². The molecule has 0 spiro atoms. The average Bonchev–Trinajstić information content (AvgIpc) is 2.77. The van der Waals surface area contributed by atoms with Crippen LogP contribution in [0.1, 0.15) is 17.0 Å². The monoisotopic (exact) mass is 408 g/mol. The molecule has 0 saturated heterocycles. The summed E-state index contributed by atoms with van der Waals surface area (Å²) in [4.78, 5) is 25.2. The first-order valence-corrected chi connectivity index (χ1v) is 9.91. The maximum Gasteiger partial charge on any atom is 0.319 e. The average molecular weight is 408 g/mol. The second kappa shape index (κ2) is 9.30. The van der Waals surface area contributed by atoms with Gasteiger partial charge in [-0.25, -0.2) is 0 Å². The molecule has 0 aromatic heterocycles. The molecular weight excluding hydrogens is 388 g/mol. The van der Waals surface area contributed by atoms with Crippen molar-refractivity contribution in [1.82, 2.24) is 5.32 Å². The minimum absolute atomic E-state index is 0.339. The van der Waals surface area contributed by atoms with Crippen LogP contribution in [0.25, 0.3) is 0 Å². The molecule has 3 rings (SSSR count). The van der Waals surface area contributed by atoms with Crippen LogP contribution >= 0.6 is 11.8 Å². The number of methoxy groups -OCH3 is 2. The summed E-state index contributed by atoms with van der Waals surface area (Å²) in [6.45, 7) is 0. The predicted octanol–water partition coefficient (Wildman–Crippen LogP) is 3.37. The molecule has 2 aromatic carbocycles. The Kier molecular flexibility index (Phi) is 6.57. The summed E-state index contributed by atoms with van der Waals surface area (Å²) in [5, 5.41) is 13.1. The molecule has 0 bridgehead atoms. The molecule has 148 valence electrons. The summed E-state index contributed by atoms with van der Waals surface area (Å²) < 4.78 is 10.0. The molecule has 1 amide bonds. The highest BCUT2D eigenvalue weighted by atomic mass is 32.2. The Labute approximate surface area is 173 Å². The number of nitriles is 1. The van der Waals surface area contributed by atoms with Crippen LogP contribution in [0.15, 0.2) is 65.2 Å². The molecular formula is C22H20N2O4S. The Bertz CT molecular complexity index is 965. The van der Waals surface area contributed by atoms with Gasteiger partial charge in [-0.3, -0.25) is 9.59 Å². The Morgan fingerprint density at radius 2 is 1.83 bits per heavy atom. The van der Waals surface area contributed by atoms with Gasteiger partial charge in [0.05, 0.1) is 30.9 Å². The van der Waals surface area contributed by atoms with Gasteiger partial charge in [-0.1, -0.05) is 42.5 Å². The van der Waals surface area contributed by atoms with Gasteiger partial charge in [0.25, 0.3) is 0 Å². The summed E-state index contributed by atoms with van der Waals surface area (Å²) in [5.41, 5.74) is 2.07. The van der Waals surface area contributed by atoms with Gasteiger partial charge in [-0.05, 0) is 23.3 Å². The molecule has 6 nitrogen and oxygen atoms in total. The van der Waals surface area contributed by atoms with Crippen molar-refractivity contribution in [2.75, 3.05) is 14.2 Å². The molecule has 29 heavy (non-hydrogen) atoms. The van der Waals surface area contributed by atoms with Gasteiger partial charge in [0.1, 0.15) is 11.7 Å². The predicted molar refractivity (Wildman–Crippen MR) is 110 cm³/mol. The van der Waals surface area contributed by atoms with E-state index >= 15 is 0 Å². The van der Waals surface area contributed by atoms with E-state index in [4.69, 9.17) is 9.47 Å². The lowest BCUT2D eigenvalue weighted by Crippen LogP contribution is -2.44. The van der Waals surface area contributed by atoms with Crippen LogP contribution in [0.4, 0.5) is 0 Å². The topological polar surface area (TPSA) is 88.4 Å². The molecule has 2 aromatic rings. The van der Waals surface area contributed by atoms with E-state index in [9.17, 15) is 14.9 Å². The van der Waals surface area contributed by atoms with E-state index in [0.29, 0.717) is 27.7 Å². The molecule has 1 aliphatic heterocycles. The molecule has 7 heteroatoms. The highest BCUT2D eigenvalue weighted by Gasteiger charge is 2.44. The zero-order valence-electron chi connectivity index (χ0n) is 16.0. The molecule has 0 radical (unpaired) electrons. The number of allylic oxidation sites excluding steroid dienone is 1. The van der Waals surface area contributed by atoms with Crippen LogP contribution in [0.2, 0.25) is 0 Å². The van der Waals surface area contributed by atoms with Crippen LogP contribution in [-0.4, -0.2) is 26.1 Å². The highest BCUT2D eigenvalue weighted by molar-refractivity contribution is 8.02. The number of hydrogen-bond donors (Lipinski definition) is 1. The summed E-state index contributed by atoms with van der Waals surface area (Å²) >= 11 is 1.36. The van der Waals surface area contributed by atoms with Crippen molar-refractivity contribution in [2.24, 2.45) is 5.92 Å². The number of esters is 1. The van der Waals surface area contributed by atoms with Crippen molar-refractivity contribution in [2.45, 2.75) is 11.7 Å². The Morgan fingerprint density at radius 1 is 1.14 bits per heavy atom. The van der Waals surface area contributed by atoms with Crippen LogP contribution in [0.3, 0.4) is 0 Å². The first kappa shape index (κ1) is 20.5. The lowest BCUT2D eigenvalue weighted by molar-refractivity contribution is -0.150. The van der Waals surface area contributed by atoms with Crippen LogP contribution in [0.5, 0.6) is 5.75 Å². The molecule has 0 fully saturated rings. The smallest absolute Gasteiger partial charge is 0.319 e. The molecule has 2 atom stereocenters. The summed E-state index contributed by atoms with van der Waals surface area (Å²) in [5.74, 6) is -1.80. The Balaban J connectivity index is 2.02. The van der Waals surface area contributed by atoms with E-state index < -0.39 is 23.7 Å². The van der Waals surface area contributed by atoms with Gasteiger partial charge in [0.2, 0.25) is 5.91 Å². The van der Waals surface area contributed by atoms with Crippen molar-refractivity contribution >= 4 is 23.6 Å². The number of hydrogen-bond acceptors (Lipinski definition) is 6. The zero-order chi connectivity index (χ0) is 20.8. The number of benzene rings is 2. The number of nitrogens with zero attached hydrogens (tertiary/aromatic N) is 1. The normalized spacial score (nSPS) is 18.6. The van der Waals surface area contributed by atoms with E-state index in [2.05, 4.69) is 11.4 Å². The van der Waals surface area contributed by atoms with Gasteiger partial charge in [0.15, 0.2) is 0 Å². The zero-order valence-corrected chi connectivity index (χ0v) is 16.9. The number of amides is 1. The van der Waals surface area contributed by atoms with Crippen molar-refractivity contribution in [1.29, 1.82) is 5.26 Å². The van der Waals surface area contributed by atoms with Crippen LogP contribution < -0.4 is 10.1 Å². The van der Waals surface area contributed by atoms with Gasteiger partial charge < -0.3 is 14.8 Å². The van der Waals surface area contributed by atoms with Gasteiger partial charge >= 0.3 is 5.97 Å². The molecule has 1 heterocycles. The first-order chi connectivity index (χ1) is 14.1. The molecule has 0 unspecified atom stereocenters. The maximum atomic E-state index is 12.8. The number of carbonyl (C=O) groups is 2. The number of ether oxygens (including phenoxy) is 2. The van der Waals surface area contributed by atoms with Gasteiger partial charge in [-0.15, -0.1) is 11.8 Å². The van der Waals surface area contributed by atoms with Gasteiger partial charge in [0, 0.05) is 11.7 Å². The van der Waals surface area contributed by atoms with Crippen molar-refractivity contribution < 1.29 is 19.1 Å². The minimum atomic E-state index is -1.14. The third-order valence-corrected chi connectivity index (χ3v) is 5.77. The first-order valence-electron chi connectivity index (χ1n) is 8.92. The third-order valence-electron chi connectivity index (χ3n) is 4.68. The summed E-state index contributed by atoms with van der Waals surface area (Å²) in [7, 11) is 2.79. The van der Waals surface area contributed by atoms with Gasteiger partial charge in [-0.2, -0.15) is 5.26 Å². The number of rotatable bonds is 6. The SMILES string of the molecule is COC(=O)[C@@H]1C(=O)NC(SCc2ccccc2)=C(C#N)[C@H]1c1ccc(OC)cc1. The fraction of sp³-hybridized carbons (Fsp3) is 0.227. The van der Waals surface area contributed by atoms with Crippen LogP contribution in [0, 0.1) is 17.2 Å². The third kappa shape index (κ3) is 4.44. The van der Waals surface area contributed by atoms with E-state index in [0.717, 1.165) is 5.56 Å². The molecule has 0 aliphatic carbocycles. The van der Waals surface area contributed by atoms with E-state index in [-0.39, 0.29) is 0 Å². The highest BCUT2D eigenvalue weighted by Crippen LogP contribution is 2.41. The number of nitrogens with one attached hydrogen (secondary N) is 1. The second-order valence-corrected chi connectivity index (χ2v) is 7.36. The van der Waals surface area contributed by atoms with Crippen molar-refractivity contribution in [3.8, 4) is 11.8 Å². The lowest BCUT2D eigenvalue weighted by Gasteiger charge is -2.31. The second-order valence-electron chi connectivity index (χ2n) is 6.37. The molecule has 0 saturated carbocycles. The quantitative estimate of drug-likeness (QED) is 0.582. The molecule has 1 N–H and O–H groups in total. The van der Waals surface area contributed by atoms with E-state index in [1.807, 2.05) is 30.3 Å². The van der Waals surface area contributed by atoms with E-state index in [1.165, 1.54) is 18.9 Å². The summed E-state index contributed by atoms with van der Waals surface area (Å²) in [6.07, 6.45) is 0. The maximum absolute atomic E-state index is 12.8. The fourth-order valence-electron chi connectivity index (χ4n) is 3.22. The Hall–Kier alpha value is -3.24. The fourth-order valence-corrected chi connectivity index (χ4v) is 4.22. The van der Waals surface area contributed by atoms with Crippen LogP contribution in [-0.2, 0) is 20.1 Å².